The normalized spacial score (nSPS) is 18.8. The quantitative estimate of drug-likeness (QED) is 0.0138. The SMILES string of the molecule is CCOC(=O)C1(c2ccnc3ccncc23)CCC2(CC1)OCCO2.CCOC(=O)C1CCC2(CC1)OCCO2.CCOC(=O)C=C1CCC(c2ccnc3ccncc23)CC1.CCOC(=O)CP(=O)(OCC)OCC.CCOC(=O)[C@H]1CC12CCC(c1ccnc3ccncc13)CC2.C[S+](C)(C)=O.Clc1ccnc2ccncc12.O=C1CCC(c2ccnc3ccncc23)CC1.[I-].[Na+].[OH-]. The molecule has 1 atom stereocenters. The van der Waals surface area contributed by atoms with Crippen molar-refractivity contribution in [3.05, 3.63) is 193 Å². The number of fused-ring (bicyclic) bond motifs is 5. The summed E-state index contributed by atoms with van der Waals surface area (Å²) in [4.78, 5) is 113. The van der Waals surface area contributed by atoms with Gasteiger partial charge in [-0.3, -0.25) is 78.4 Å². The molecule has 8 fully saturated rings. The molecule has 3 spiro atoms. The molecule has 6 saturated carbocycles. The van der Waals surface area contributed by atoms with Crippen molar-refractivity contribution in [2.75, 3.05) is 97.6 Å². The smallest absolute Gasteiger partial charge is 1.00 e. The van der Waals surface area contributed by atoms with Crippen LogP contribution in [0.2, 0.25) is 5.02 Å². The number of esters is 5. The van der Waals surface area contributed by atoms with E-state index in [1.165, 1.54) is 27.6 Å². The summed E-state index contributed by atoms with van der Waals surface area (Å²) in [6.45, 7) is 17.6. The maximum atomic E-state index is 13.0. The predicted octanol–water partition coefficient (Wildman–Crippen LogP) is 13.0. The minimum absolute atomic E-state index is 0. The maximum Gasteiger partial charge on any atom is 1.00 e. The Bertz CT molecular complexity index is 5570. The molecule has 2 aliphatic heterocycles. The van der Waals surface area contributed by atoms with Crippen LogP contribution in [0.25, 0.3) is 54.5 Å². The molecule has 2 saturated heterocycles. The van der Waals surface area contributed by atoms with E-state index in [0.717, 1.165) is 164 Å². The molecule has 10 aromatic heterocycles. The van der Waals surface area contributed by atoms with Gasteiger partial charge in [0.15, 0.2) is 11.6 Å². The fraction of sp³-hybridized carbons (Fsp3) is 0.520. The van der Waals surface area contributed by atoms with Gasteiger partial charge >= 0.3 is 67.0 Å². The largest absolute Gasteiger partial charge is 1.00 e. The molecule has 0 amide bonds. The standard InChI is InChI=1S/C19H22N2O4.C19H22N2O2.C18H20N2O2.C14H14N2O.C11H18O4.C8H5ClN2.C8H17O5P.C3H9OS.HI.Na.H2O/c1-2-23-17(22)18(5-7-19(8-6-18)24-11-12-25-19)15-3-10-21-16-4-9-20-13-14(15)16;1-2-23-18(22)16-11-19(16)7-3-13(4-8-19)14-5-10-21-17-6-9-20-12-15(14)17;1-2-22-18(21)11-13-3-5-14(6-4-13)15-7-10-20-17-8-9-19-12-16(15)17;17-11-3-1-10(2-4-11)12-5-8-16-14-6-7-15-9-13(12)14;1-2-13-10(12)9-3-5-11(6-4-9)14-7-8-15-11;9-7-1-4-11-8-2-3-10-5-6(7)8;1-4-11-8(9)7-14(10,12-5-2)13-6-3;1-5(2,3)4;;;/h3-4,9-10,13H,2,5-8,11-12H2,1H3;5-6,9-10,12-13,16H,2-4,7-8,11H2,1H3;7-12,14H,2-6H2,1H3;5-10H,1-4H2;9H,2-8H2,1H3;1-5H;4-7H2,1-3H3;1-3H3;1H;;1H2/q;;;;;;;+1;;+1;/p-2/t;13?,16-,19?;;;;;;;;;/m.1........./s1. The summed E-state index contributed by atoms with van der Waals surface area (Å²) in [6.07, 6.45) is 52.4. The van der Waals surface area contributed by atoms with Gasteiger partial charge in [0.25, 0.3) is 0 Å². The van der Waals surface area contributed by atoms with Crippen molar-refractivity contribution in [1.82, 2.24) is 49.8 Å². The van der Waals surface area contributed by atoms with Crippen LogP contribution in [0.5, 0.6) is 0 Å². The van der Waals surface area contributed by atoms with Gasteiger partial charge in [0, 0.05) is 164 Å². The summed E-state index contributed by atoms with van der Waals surface area (Å²) in [5.41, 5.74) is 10.4. The van der Waals surface area contributed by atoms with Gasteiger partial charge < -0.3 is 81.1 Å². The number of nitrogens with zero attached hydrogens (tertiary/aromatic N) is 10. The fourth-order valence-electron chi connectivity index (χ4n) is 18.4. The average molecular weight is 2040 g/mol. The second-order valence-electron chi connectivity index (χ2n) is 34.3. The van der Waals surface area contributed by atoms with Crippen molar-refractivity contribution < 1.29 is 148 Å². The number of allylic oxidation sites excluding steroid dienone is 1. The number of halogens is 2. The fourth-order valence-corrected chi connectivity index (χ4v) is 20.1. The molecule has 724 valence electrons. The van der Waals surface area contributed by atoms with Crippen LogP contribution in [0.1, 0.15) is 223 Å². The summed E-state index contributed by atoms with van der Waals surface area (Å²) in [6, 6.07) is 19.6. The molecule has 0 radical (unpaired) electrons. The van der Waals surface area contributed by atoms with Crippen molar-refractivity contribution in [1.29, 1.82) is 0 Å². The number of Topliss-reactive ketones (excluding diaryl/α,β-unsaturated/α-hetero) is 1. The number of ketones is 1. The number of ether oxygens (including phenoxy) is 9. The molecule has 6 aliphatic carbocycles. The van der Waals surface area contributed by atoms with Gasteiger partial charge in [-0.15, -0.1) is 4.21 Å². The number of hydrogen-bond acceptors (Lipinski definition) is 30. The van der Waals surface area contributed by atoms with Crippen molar-refractivity contribution in [2.45, 2.75) is 218 Å². The van der Waals surface area contributed by atoms with E-state index < -0.39 is 34.7 Å². The number of carbonyl (C=O) groups excluding carboxylic acids is 6. The number of hydrogen-bond donors (Lipinski definition) is 0. The molecule has 0 aromatic carbocycles. The Labute approximate surface area is 836 Å². The topological polar surface area (TPSA) is 397 Å². The molecular formula is C100H128ClIN10NaO20PS. The monoisotopic (exact) mass is 2040 g/mol. The van der Waals surface area contributed by atoms with Crippen LogP contribution in [0.3, 0.4) is 0 Å². The van der Waals surface area contributed by atoms with Crippen LogP contribution >= 0.6 is 19.2 Å². The molecular weight excluding hydrogens is 1910 g/mol. The summed E-state index contributed by atoms with van der Waals surface area (Å²) >= 11 is 5.88. The van der Waals surface area contributed by atoms with E-state index in [2.05, 4.69) is 72.8 Å². The van der Waals surface area contributed by atoms with Gasteiger partial charge in [0.05, 0.1) is 132 Å². The van der Waals surface area contributed by atoms with E-state index in [1.807, 2.05) is 101 Å². The van der Waals surface area contributed by atoms with E-state index in [0.29, 0.717) is 107 Å². The molecule has 18 rings (SSSR count). The summed E-state index contributed by atoms with van der Waals surface area (Å²) in [5, 5.41) is 5.96. The zero-order valence-corrected chi connectivity index (χ0v) is 86.1. The van der Waals surface area contributed by atoms with E-state index in [9.17, 15) is 37.5 Å². The van der Waals surface area contributed by atoms with E-state index >= 15 is 0 Å². The molecule has 12 heterocycles. The molecule has 10 aromatic rings. The van der Waals surface area contributed by atoms with Gasteiger partial charge in [-0.05, 0) is 251 Å². The van der Waals surface area contributed by atoms with Crippen LogP contribution < -0.4 is 53.5 Å². The van der Waals surface area contributed by atoms with Crippen LogP contribution in [0.4, 0.5) is 0 Å². The number of rotatable bonds is 19. The zero-order chi connectivity index (χ0) is 94.2. The second-order valence-corrected chi connectivity index (χ2v) is 40.2. The zero-order valence-electron chi connectivity index (χ0n) is 79.5. The third kappa shape index (κ3) is 31.9. The maximum absolute atomic E-state index is 13.0. The van der Waals surface area contributed by atoms with Gasteiger partial charge in [-0.1, -0.05) is 17.2 Å². The molecule has 1 N–H and O–H groups in total. The molecule has 0 unspecified atom stereocenters. The molecule has 30 nitrogen and oxygen atoms in total. The molecule has 135 heavy (non-hydrogen) atoms. The number of carbonyl (C=O) groups is 6. The first kappa shape index (κ1) is 112. The van der Waals surface area contributed by atoms with Gasteiger partial charge in [-0.25, -0.2) is 4.79 Å². The first-order chi connectivity index (χ1) is 63.8. The summed E-state index contributed by atoms with van der Waals surface area (Å²) < 4.78 is 80.0. The van der Waals surface area contributed by atoms with Crippen molar-refractivity contribution in [3.63, 3.8) is 0 Å². The summed E-state index contributed by atoms with van der Waals surface area (Å²) in [5.74, 6) is 0.247. The van der Waals surface area contributed by atoms with Crippen molar-refractivity contribution in [3.8, 4) is 0 Å². The van der Waals surface area contributed by atoms with Crippen LogP contribution in [0, 0.1) is 17.3 Å². The van der Waals surface area contributed by atoms with Crippen LogP contribution in [0.15, 0.2) is 165 Å². The average Bonchev–Trinajstić information content (AvgIpc) is 1.72. The predicted molar refractivity (Wildman–Crippen MR) is 508 cm³/mol. The Kier molecular flexibility index (Phi) is 45.5. The number of aromatic nitrogens is 10. The Hall–Kier alpha value is -8.32. The van der Waals surface area contributed by atoms with Crippen LogP contribution in [-0.2, 0) is 105 Å². The van der Waals surface area contributed by atoms with E-state index in [4.69, 9.17) is 58.5 Å². The molecule has 35 heteroatoms. The van der Waals surface area contributed by atoms with Crippen molar-refractivity contribution in [2.24, 2.45) is 17.3 Å². The molecule has 0 bridgehead atoms. The molecule has 8 aliphatic rings. The number of pyridine rings is 10. The Morgan fingerprint density at radius 3 is 1.26 bits per heavy atom. The second kappa shape index (κ2) is 54.9. The van der Waals surface area contributed by atoms with Gasteiger partial charge in [-0.2, -0.15) is 0 Å². The Morgan fingerprint density at radius 2 is 0.830 bits per heavy atom. The Morgan fingerprint density at radius 1 is 0.452 bits per heavy atom. The van der Waals surface area contributed by atoms with Gasteiger partial charge in [0.2, 0.25) is 0 Å². The van der Waals surface area contributed by atoms with E-state index in [-0.39, 0.29) is 132 Å². The summed E-state index contributed by atoms with van der Waals surface area (Å²) in [7, 11) is -4.70. The minimum Gasteiger partial charge on any atom is -1.00 e. The van der Waals surface area contributed by atoms with Crippen molar-refractivity contribution >= 4 is 119 Å². The Balaban J connectivity index is 0.000000194. The third-order valence-electron chi connectivity index (χ3n) is 24.9. The first-order valence-corrected chi connectivity index (χ1v) is 51.1. The van der Waals surface area contributed by atoms with Gasteiger partial charge in [0.1, 0.15) is 30.7 Å². The minimum atomic E-state index is -3.28. The van der Waals surface area contributed by atoms with E-state index in [1.54, 1.807) is 107 Å². The van der Waals surface area contributed by atoms with Crippen LogP contribution in [-0.4, -0.2) is 200 Å². The third-order valence-corrected chi connectivity index (χ3v) is 27.2. The first-order valence-electron chi connectivity index (χ1n) is 46.2.